The third kappa shape index (κ3) is 3.54. The van der Waals surface area contributed by atoms with Gasteiger partial charge < -0.3 is 10.8 Å². The predicted molar refractivity (Wildman–Crippen MR) is 70.4 cm³/mol. The number of phenolic OH excluding ortho intramolecular Hbond substituents is 1. The lowest BCUT2D eigenvalue weighted by atomic mass is 10.1. The minimum atomic E-state index is 0.178. The smallest absolute Gasteiger partial charge is 0.115 e. The summed E-state index contributed by atoms with van der Waals surface area (Å²) in [6.45, 7) is 2.00. The largest absolute Gasteiger partial charge is 0.508 e. The van der Waals surface area contributed by atoms with Crippen LogP contribution in [0.3, 0.4) is 0 Å². The van der Waals surface area contributed by atoms with Crippen LogP contribution in [0.15, 0.2) is 30.5 Å². The number of hydrogen-bond donors (Lipinski definition) is 2. The van der Waals surface area contributed by atoms with Crippen LogP contribution in [-0.2, 0) is 12.8 Å². The number of hydrogen-bond acceptors (Lipinski definition) is 4. The molecule has 1 heterocycles. The minimum Gasteiger partial charge on any atom is -0.508 e. The average molecular weight is 248 g/mol. The van der Waals surface area contributed by atoms with Gasteiger partial charge in [-0.1, -0.05) is 12.1 Å². The molecule has 3 nitrogen and oxygen atoms in total. The number of aromatic nitrogens is 1. The maximum atomic E-state index is 9.20. The van der Waals surface area contributed by atoms with Crippen molar-refractivity contribution in [2.45, 2.75) is 25.8 Å². The maximum absolute atomic E-state index is 9.20. The summed E-state index contributed by atoms with van der Waals surface area (Å²) in [7, 11) is 0. The molecule has 0 spiro atoms. The molecule has 1 unspecified atom stereocenters. The van der Waals surface area contributed by atoms with Crippen LogP contribution in [0.25, 0.3) is 0 Å². The summed E-state index contributed by atoms with van der Waals surface area (Å²) < 4.78 is 0. The third-order valence-electron chi connectivity index (χ3n) is 2.42. The molecule has 3 N–H and O–H groups in total. The van der Waals surface area contributed by atoms with Gasteiger partial charge in [-0.25, -0.2) is 4.98 Å². The first-order chi connectivity index (χ1) is 8.13. The molecule has 0 saturated heterocycles. The minimum absolute atomic E-state index is 0.178. The van der Waals surface area contributed by atoms with Crippen molar-refractivity contribution in [1.82, 2.24) is 4.98 Å². The first-order valence-electron chi connectivity index (χ1n) is 5.60. The molecule has 0 amide bonds. The molecule has 1 atom stereocenters. The Morgan fingerprint density at radius 3 is 2.71 bits per heavy atom. The van der Waals surface area contributed by atoms with Gasteiger partial charge in [-0.05, 0) is 31.0 Å². The Morgan fingerprint density at radius 2 is 2.06 bits per heavy atom. The van der Waals surface area contributed by atoms with E-state index < -0.39 is 0 Å². The number of aromatic hydroxyl groups is 1. The van der Waals surface area contributed by atoms with Gasteiger partial charge in [0.2, 0.25) is 0 Å². The Bertz CT molecular complexity index is 476. The molecule has 0 aliphatic rings. The maximum Gasteiger partial charge on any atom is 0.115 e. The highest BCUT2D eigenvalue weighted by Crippen LogP contribution is 2.19. The second-order valence-electron chi connectivity index (χ2n) is 4.24. The van der Waals surface area contributed by atoms with E-state index in [1.807, 2.05) is 25.3 Å². The van der Waals surface area contributed by atoms with Gasteiger partial charge >= 0.3 is 0 Å². The molecular weight excluding hydrogens is 232 g/mol. The normalized spacial score (nSPS) is 12.6. The number of nitrogens with zero attached hydrogens (tertiary/aromatic N) is 1. The molecule has 1 aromatic heterocycles. The predicted octanol–water partition coefficient (Wildman–Crippen LogP) is 2.33. The fraction of sp³-hybridized carbons (Fsp3) is 0.308. The highest BCUT2D eigenvalue weighted by molar-refractivity contribution is 7.11. The van der Waals surface area contributed by atoms with Crippen LogP contribution in [0.1, 0.15) is 22.4 Å². The zero-order chi connectivity index (χ0) is 12.3. The number of nitrogens with two attached hydrogens (primary N) is 1. The first kappa shape index (κ1) is 12.1. The summed E-state index contributed by atoms with van der Waals surface area (Å²) >= 11 is 1.71. The lowest BCUT2D eigenvalue weighted by molar-refractivity contribution is 0.475. The van der Waals surface area contributed by atoms with Gasteiger partial charge in [0.15, 0.2) is 0 Å². The van der Waals surface area contributed by atoms with E-state index in [-0.39, 0.29) is 6.04 Å². The molecular formula is C13H16N2OS. The summed E-state index contributed by atoms with van der Waals surface area (Å²) in [6, 6.07) is 7.42. The lowest BCUT2D eigenvalue weighted by Gasteiger charge is -2.00. The zero-order valence-electron chi connectivity index (χ0n) is 9.76. The SMILES string of the molecule is CC(N)Cc1cnc(Cc2ccc(O)cc2)s1. The molecule has 4 heteroatoms. The van der Waals surface area contributed by atoms with Crippen LogP contribution in [0.4, 0.5) is 0 Å². The number of thiazole rings is 1. The van der Waals surface area contributed by atoms with Gasteiger partial charge in [-0.3, -0.25) is 0 Å². The Hall–Kier alpha value is -1.39. The second-order valence-corrected chi connectivity index (χ2v) is 5.44. The van der Waals surface area contributed by atoms with Gasteiger partial charge in [0, 0.05) is 23.5 Å². The Morgan fingerprint density at radius 1 is 1.35 bits per heavy atom. The zero-order valence-corrected chi connectivity index (χ0v) is 10.6. The highest BCUT2D eigenvalue weighted by Gasteiger charge is 2.05. The molecule has 2 aromatic rings. The lowest BCUT2D eigenvalue weighted by Crippen LogP contribution is -2.16. The van der Waals surface area contributed by atoms with E-state index in [1.165, 1.54) is 4.88 Å². The summed E-state index contributed by atoms with van der Waals surface area (Å²) in [5.74, 6) is 0.297. The highest BCUT2D eigenvalue weighted by atomic mass is 32.1. The van der Waals surface area contributed by atoms with Gasteiger partial charge in [0.05, 0.1) is 5.01 Å². The number of rotatable bonds is 4. The number of benzene rings is 1. The van der Waals surface area contributed by atoms with Crippen LogP contribution in [0.2, 0.25) is 0 Å². The van der Waals surface area contributed by atoms with Crippen molar-refractivity contribution in [3.63, 3.8) is 0 Å². The monoisotopic (exact) mass is 248 g/mol. The fourth-order valence-corrected chi connectivity index (χ4v) is 2.73. The van der Waals surface area contributed by atoms with Gasteiger partial charge in [0.25, 0.3) is 0 Å². The average Bonchev–Trinajstić information content (AvgIpc) is 2.68. The van der Waals surface area contributed by atoms with Gasteiger partial charge in [-0.15, -0.1) is 11.3 Å². The Labute approximate surface area is 105 Å². The Kier molecular flexibility index (Phi) is 3.76. The van der Waals surface area contributed by atoms with E-state index in [1.54, 1.807) is 23.5 Å². The molecule has 1 aromatic carbocycles. The van der Waals surface area contributed by atoms with Crippen molar-refractivity contribution in [2.75, 3.05) is 0 Å². The van der Waals surface area contributed by atoms with Gasteiger partial charge in [-0.2, -0.15) is 0 Å². The van der Waals surface area contributed by atoms with Crippen molar-refractivity contribution < 1.29 is 5.11 Å². The molecule has 0 bridgehead atoms. The van der Waals surface area contributed by atoms with Crippen molar-refractivity contribution in [3.05, 3.63) is 45.9 Å². The van der Waals surface area contributed by atoms with E-state index in [4.69, 9.17) is 5.73 Å². The van der Waals surface area contributed by atoms with E-state index in [0.717, 1.165) is 23.4 Å². The third-order valence-corrected chi connectivity index (χ3v) is 3.44. The van der Waals surface area contributed by atoms with Crippen LogP contribution >= 0.6 is 11.3 Å². The molecule has 0 saturated carbocycles. The molecule has 0 fully saturated rings. The quantitative estimate of drug-likeness (QED) is 0.873. The van der Waals surface area contributed by atoms with Crippen LogP contribution < -0.4 is 5.73 Å². The summed E-state index contributed by atoms with van der Waals surface area (Å²) in [5, 5.41) is 10.3. The van der Waals surface area contributed by atoms with Crippen molar-refractivity contribution in [3.8, 4) is 5.75 Å². The first-order valence-corrected chi connectivity index (χ1v) is 6.42. The Balaban J connectivity index is 2.03. The van der Waals surface area contributed by atoms with E-state index >= 15 is 0 Å². The van der Waals surface area contributed by atoms with Crippen LogP contribution in [-0.4, -0.2) is 16.1 Å². The molecule has 0 aliphatic heterocycles. The molecule has 90 valence electrons. The van der Waals surface area contributed by atoms with Crippen molar-refractivity contribution in [2.24, 2.45) is 5.73 Å². The molecule has 0 radical (unpaired) electrons. The summed E-state index contributed by atoms with van der Waals surface area (Å²) in [6.07, 6.45) is 3.60. The topological polar surface area (TPSA) is 59.1 Å². The summed E-state index contributed by atoms with van der Waals surface area (Å²) in [5.41, 5.74) is 6.91. The standard InChI is InChI=1S/C13H16N2OS/c1-9(14)6-12-8-15-13(17-12)7-10-2-4-11(16)5-3-10/h2-5,8-9,16H,6-7,14H2,1H3. The second kappa shape index (κ2) is 5.29. The molecule has 17 heavy (non-hydrogen) atoms. The van der Waals surface area contributed by atoms with Crippen LogP contribution in [0.5, 0.6) is 5.75 Å². The van der Waals surface area contributed by atoms with E-state index in [0.29, 0.717) is 5.75 Å². The van der Waals surface area contributed by atoms with Crippen molar-refractivity contribution >= 4 is 11.3 Å². The van der Waals surface area contributed by atoms with Gasteiger partial charge in [0.1, 0.15) is 5.75 Å². The summed E-state index contributed by atoms with van der Waals surface area (Å²) in [4.78, 5) is 5.62. The van der Waals surface area contributed by atoms with E-state index in [2.05, 4.69) is 4.98 Å². The van der Waals surface area contributed by atoms with E-state index in [9.17, 15) is 5.11 Å². The van der Waals surface area contributed by atoms with Crippen molar-refractivity contribution in [1.29, 1.82) is 0 Å². The molecule has 0 aliphatic carbocycles. The fourth-order valence-electron chi connectivity index (χ4n) is 1.63. The molecule has 2 rings (SSSR count). The number of phenols is 1. The van der Waals surface area contributed by atoms with Crippen LogP contribution in [0, 0.1) is 0 Å².